The predicted octanol–water partition coefficient (Wildman–Crippen LogP) is -0.461. The van der Waals surface area contributed by atoms with Crippen LogP contribution in [0.3, 0.4) is 0 Å². The number of nitrogens with two attached hydrogens (primary N) is 1. The number of rotatable bonds is 15. The van der Waals surface area contributed by atoms with E-state index in [1.54, 1.807) is 0 Å². The van der Waals surface area contributed by atoms with E-state index in [-0.39, 0.29) is 70.2 Å². The van der Waals surface area contributed by atoms with E-state index in [4.69, 9.17) is 30.0 Å². The smallest absolute Gasteiger partial charge is 0.481 e. The third kappa shape index (κ3) is 22.4. The molecule has 57 heavy (non-hydrogen) atoms. The summed E-state index contributed by atoms with van der Waals surface area (Å²) < 4.78 is 74.4. The Labute approximate surface area is 321 Å². The summed E-state index contributed by atoms with van der Waals surface area (Å²) in [6.07, 6.45) is -2.45. The molecule has 0 aromatic carbocycles. The molecule has 3 aliphatic rings. The second kappa shape index (κ2) is 26.2. The van der Waals surface area contributed by atoms with Gasteiger partial charge in [-0.05, 0) is 12.8 Å². The topological polar surface area (TPSA) is 346 Å². The molecule has 0 aromatic heterocycles. The molecule has 6 amide bonds. The lowest BCUT2D eigenvalue weighted by Crippen LogP contribution is -2.33. The van der Waals surface area contributed by atoms with Gasteiger partial charge in [-0.15, -0.1) is 10.1 Å². The van der Waals surface area contributed by atoms with Crippen LogP contribution in [0, 0.1) is 5.92 Å². The fourth-order valence-electron chi connectivity index (χ4n) is 3.80. The van der Waals surface area contributed by atoms with Crippen molar-refractivity contribution in [3.05, 3.63) is 12.2 Å². The van der Waals surface area contributed by atoms with Crippen molar-refractivity contribution < 1.29 is 108 Å². The number of hydroxylamine groups is 4. The number of Topliss-reactive ketones (excluding diaryl/α,β-unsaturated/α-hetero) is 1. The normalized spacial score (nSPS) is 15.3. The van der Waals surface area contributed by atoms with Crippen LogP contribution in [0.15, 0.2) is 12.2 Å². The molecule has 1 atom stereocenters. The van der Waals surface area contributed by atoms with E-state index in [0.717, 1.165) is 12.0 Å². The zero-order chi connectivity index (χ0) is 44.7. The number of halogens is 4. The van der Waals surface area contributed by atoms with Crippen molar-refractivity contribution >= 4 is 75.5 Å². The molecule has 2 fully saturated rings. The summed E-state index contributed by atoms with van der Waals surface area (Å²) >= 11 is 0. The summed E-state index contributed by atoms with van der Waals surface area (Å²) in [5.41, 5.74) is 5.16. The van der Waals surface area contributed by atoms with Crippen molar-refractivity contribution in [2.24, 2.45) is 11.7 Å². The Kier molecular flexibility index (Phi) is 24.5. The number of amides is 6. The van der Waals surface area contributed by atoms with Crippen LogP contribution in [-0.2, 0) is 77.0 Å². The molecular weight excluding hydrogens is 816 g/mol. The van der Waals surface area contributed by atoms with Gasteiger partial charge in [-0.3, -0.25) is 56.7 Å². The van der Waals surface area contributed by atoms with Crippen molar-refractivity contribution in [3.63, 3.8) is 0 Å². The van der Waals surface area contributed by atoms with Gasteiger partial charge in [0.2, 0.25) is 0 Å². The Balaban J connectivity index is -0.000000768. The highest BCUT2D eigenvalue weighted by Crippen LogP contribution is 2.17. The highest BCUT2D eigenvalue weighted by Gasteiger charge is 2.38. The predicted molar refractivity (Wildman–Crippen MR) is 175 cm³/mol. The Morgan fingerprint density at radius 3 is 1.47 bits per heavy atom. The Morgan fingerprint density at radius 1 is 0.842 bits per heavy atom. The number of carbonyl (C=O) groups is 11. The number of unbranched alkanes of at least 4 members (excludes halogenated alkanes) is 1. The Bertz CT molecular complexity index is 1560. The lowest BCUT2D eigenvalue weighted by molar-refractivity contribution is -0.201. The second-order valence-electron chi connectivity index (χ2n) is 10.6. The summed E-state index contributed by atoms with van der Waals surface area (Å²) in [5, 5.41) is 16.8. The molecule has 0 spiro atoms. The molecular formula is C29H40F4N4O19S. The number of aliphatic carboxylic acids is 2. The molecule has 3 aliphatic heterocycles. The number of carbonyl (C=O) groups excluding carboxylic acids is 9. The third-order valence-corrected chi connectivity index (χ3v) is 6.94. The molecule has 0 saturated carbocycles. The van der Waals surface area contributed by atoms with Crippen molar-refractivity contribution in [3.8, 4) is 0 Å². The number of hydrogen-bond donors (Lipinski definition) is 4. The molecule has 0 aliphatic carbocycles. The van der Waals surface area contributed by atoms with Crippen LogP contribution >= 0.6 is 0 Å². The first-order chi connectivity index (χ1) is 26.3. The van der Waals surface area contributed by atoms with Gasteiger partial charge < -0.3 is 25.6 Å². The van der Waals surface area contributed by atoms with Gasteiger partial charge in [-0.25, -0.2) is 14.4 Å². The second-order valence-corrected chi connectivity index (χ2v) is 11.8. The van der Waals surface area contributed by atoms with Crippen LogP contribution in [0.25, 0.3) is 0 Å². The van der Waals surface area contributed by atoms with E-state index in [2.05, 4.69) is 15.3 Å². The van der Waals surface area contributed by atoms with Crippen LogP contribution in [-0.4, -0.2) is 131 Å². The van der Waals surface area contributed by atoms with Gasteiger partial charge in [-0.2, -0.15) is 21.6 Å². The first kappa shape index (κ1) is 53.4. The Hall–Kier alpha value is -5.74. The fraction of sp³-hybridized carbons (Fsp3) is 0.552. The number of alkyl halides is 3. The minimum absolute atomic E-state index is 0. The Morgan fingerprint density at radius 2 is 1.19 bits per heavy atom. The lowest BCUT2D eigenvalue weighted by Gasteiger charge is -2.14. The number of nitrogens with zero attached hydrogens (tertiary/aromatic N) is 3. The number of ketones is 1. The first-order valence-corrected chi connectivity index (χ1v) is 16.6. The number of hydrogen-bond acceptors (Lipinski definition) is 17. The van der Waals surface area contributed by atoms with Gasteiger partial charge in [0.1, 0.15) is 5.78 Å². The molecule has 3 heterocycles. The van der Waals surface area contributed by atoms with Gasteiger partial charge in [0, 0.05) is 50.8 Å². The molecule has 0 bridgehead atoms. The highest BCUT2D eigenvalue weighted by molar-refractivity contribution is 7.80. The van der Waals surface area contributed by atoms with Crippen molar-refractivity contribution in [1.82, 2.24) is 15.0 Å². The first-order valence-electron chi connectivity index (χ1n) is 15.7. The van der Waals surface area contributed by atoms with Gasteiger partial charge in [0.15, 0.2) is 0 Å². The van der Waals surface area contributed by atoms with E-state index in [1.807, 2.05) is 0 Å². The minimum Gasteiger partial charge on any atom is -0.481 e. The highest BCUT2D eigenvalue weighted by atomic mass is 32.3. The van der Waals surface area contributed by atoms with E-state index >= 15 is 0 Å². The maximum Gasteiger partial charge on any atom is 0.490 e. The zero-order valence-electron chi connectivity index (χ0n) is 29.9. The summed E-state index contributed by atoms with van der Waals surface area (Å²) in [6.45, 7) is 0.105. The molecule has 0 unspecified atom stereocenters. The van der Waals surface area contributed by atoms with Crippen molar-refractivity contribution in [2.75, 3.05) is 20.2 Å². The average molecular weight is 858 g/mol. The zero-order valence-corrected chi connectivity index (χ0v) is 29.7. The summed E-state index contributed by atoms with van der Waals surface area (Å²) in [4.78, 5) is 132. The van der Waals surface area contributed by atoms with E-state index < -0.39 is 82.8 Å². The van der Waals surface area contributed by atoms with Crippen LogP contribution in [0.4, 0.5) is 17.9 Å². The van der Waals surface area contributed by atoms with Gasteiger partial charge >= 0.3 is 40.5 Å². The number of imide groups is 3. The van der Waals surface area contributed by atoms with Crippen LogP contribution < -0.4 is 5.73 Å². The SMILES string of the molecule is C.COS(=O)(=O)O.NCC(=O)C[C@@H](CCCCN1C(=O)C=CC1=O)C(=O)O.O=C(CCC(=O)ON1C(=O)CCC1=O)ON1C(=O)CCC1=O.O=C(O)C(F)(F)F.[2H]F. The molecule has 0 radical (unpaired) electrons. The lowest BCUT2D eigenvalue weighted by atomic mass is 9.96. The quantitative estimate of drug-likeness (QED) is 0.0700. The van der Waals surface area contributed by atoms with Crippen LogP contribution in [0.2, 0.25) is 0 Å². The molecule has 3 rings (SSSR count). The maximum absolute atomic E-state index is 11.4. The molecule has 0 aromatic rings. The monoisotopic (exact) mass is 857 g/mol. The molecule has 324 valence electrons. The van der Waals surface area contributed by atoms with E-state index in [9.17, 15) is 69.5 Å². The molecule has 28 heteroatoms. The number of carboxylic acids is 2. The van der Waals surface area contributed by atoms with Crippen molar-refractivity contribution in [1.29, 1.82) is 1.45 Å². The molecule has 23 nitrogen and oxygen atoms in total. The average Bonchev–Trinajstić information content (AvgIpc) is 3.75. The maximum atomic E-state index is 11.4. The van der Waals surface area contributed by atoms with Crippen molar-refractivity contribution in [2.45, 2.75) is 77.8 Å². The molecule has 2 saturated heterocycles. The fourth-order valence-corrected chi connectivity index (χ4v) is 3.80. The standard InChI is InChI=1S/C13H18N2O5.C12H12N2O8.C2HF3O2.CH4O4S.CH4.FH/c14-8-10(16)7-9(13(19)20)3-1-2-6-15-11(17)4-5-12(15)18;15-7-1-2-8(16)13(7)21-11(19)5-6-12(20)22-14-9(17)3-4-10(14)18;3-2(4,5)1(6)7;1-5-6(2,3)4;;/h4-5,9H,1-3,6-8,14H2,(H,19,20);1-6H2;(H,6,7);1H3,(H,2,3,4);1H4;1H/t9-;;;;;/m1...../s1/i/hD. The van der Waals surface area contributed by atoms with Crippen LogP contribution in [0.1, 0.15) is 71.6 Å². The van der Waals surface area contributed by atoms with E-state index in [1.165, 1.54) is 12.2 Å². The summed E-state index contributed by atoms with van der Waals surface area (Å²) in [6, 6.07) is 0. The minimum atomic E-state index is -5.08. The van der Waals surface area contributed by atoms with E-state index in [0.29, 0.717) is 29.4 Å². The summed E-state index contributed by atoms with van der Waals surface area (Å²) in [7, 11) is -3.29. The largest absolute Gasteiger partial charge is 0.490 e. The van der Waals surface area contributed by atoms with Gasteiger partial charge in [0.25, 0.3) is 36.9 Å². The third-order valence-electron chi connectivity index (χ3n) is 6.52. The van der Waals surface area contributed by atoms with Crippen LogP contribution in [0.5, 0.6) is 0 Å². The van der Waals surface area contributed by atoms with Gasteiger partial charge in [0.05, 0.1) is 32.4 Å². The van der Waals surface area contributed by atoms with Gasteiger partial charge in [-0.1, -0.05) is 13.8 Å². The number of carboxylic acid groups (broad SMARTS) is 2. The summed E-state index contributed by atoms with van der Waals surface area (Å²) in [5.74, 6) is -9.98. The molecule has 5 N–H and O–H groups in total.